The number of nitrogens with one attached hydrogen (secondary N) is 1. The van der Waals surface area contributed by atoms with Crippen LogP contribution in [0.4, 0.5) is 10.6 Å². The monoisotopic (exact) mass is 333 g/mol. The van der Waals surface area contributed by atoms with Crippen molar-refractivity contribution in [3.8, 4) is 11.5 Å². The number of anilines is 1. The number of nitrogens with zero attached hydrogens (tertiary/aromatic N) is 1. The number of hydrogen-bond acceptors (Lipinski definition) is 5. The van der Waals surface area contributed by atoms with Crippen LogP contribution in [-0.2, 0) is 4.74 Å². The van der Waals surface area contributed by atoms with Crippen LogP contribution in [0.2, 0.25) is 0 Å². The molecule has 0 bridgehead atoms. The zero-order chi connectivity index (χ0) is 17.3. The van der Waals surface area contributed by atoms with Gasteiger partial charge in [0.2, 0.25) is 0 Å². The third-order valence-corrected chi connectivity index (χ3v) is 3.68. The fourth-order valence-electron chi connectivity index (χ4n) is 2.54. The number of aromatic amines is 1. The Bertz CT molecular complexity index is 748. The number of nitrogens with two attached hydrogens (primary N) is 1. The van der Waals surface area contributed by atoms with Gasteiger partial charge in [-0.2, -0.15) is 0 Å². The van der Waals surface area contributed by atoms with Crippen LogP contribution in [0.15, 0.2) is 18.3 Å². The maximum absolute atomic E-state index is 12.2. The largest absolute Gasteiger partial charge is 0.488 e. The number of aromatic nitrogens is 1. The molecule has 130 valence electrons. The van der Waals surface area contributed by atoms with Gasteiger partial charge >= 0.3 is 6.09 Å². The van der Waals surface area contributed by atoms with Crippen molar-refractivity contribution in [2.75, 3.05) is 32.0 Å². The van der Waals surface area contributed by atoms with Gasteiger partial charge in [0.25, 0.3) is 0 Å². The van der Waals surface area contributed by atoms with E-state index in [9.17, 15) is 4.79 Å². The second kappa shape index (κ2) is 6.14. The van der Waals surface area contributed by atoms with Crippen molar-refractivity contribution in [1.82, 2.24) is 9.88 Å². The highest BCUT2D eigenvalue weighted by molar-refractivity contribution is 5.94. The van der Waals surface area contributed by atoms with Crippen molar-refractivity contribution in [2.24, 2.45) is 0 Å². The molecule has 1 aromatic heterocycles. The number of fused-ring (bicyclic) bond motifs is 2. The third-order valence-electron chi connectivity index (χ3n) is 3.68. The van der Waals surface area contributed by atoms with E-state index in [4.69, 9.17) is 19.9 Å². The molecule has 0 saturated heterocycles. The summed E-state index contributed by atoms with van der Waals surface area (Å²) in [4.78, 5) is 16.8. The van der Waals surface area contributed by atoms with Gasteiger partial charge in [-0.25, -0.2) is 4.79 Å². The van der Waals surface area contributed by atoms with Crippen LogP contribution in [0.5, 0.6) is 11.5 Å². The van der Waals surface area contributed by atoms with Crippen LogP contribution in [0.1, 0.15) is 20.8 Å². The topological polar surface area (TPSA) is 89.8 Å². The van der Waals surface area contributed by atoms with Gasteiger partial charge in [0.15, 0.2) is 11.5 Å². The first-order chi connectivity index (χ1) is 11.3. The predicted octanol–water partition coefficient (Wildman–Crippen LogP) is 2.76. The Balaban J connectivity index is 1.76. The third kappa shape index (κ3) is 3.50. The molecule has 3 rings (SSSR count). The number of benzene rings is 1. The highest BCUT2D eigenvalue weighted by Gasteiger charge is 2.23. The lowest BCUT2D eigenvalue weighted by Crippen LogP contribution is -2.40. The minimum absolute atomic E-state index is 0.353. The first-order valence-electron chi connectivity index (χ1n) is 7.97. The van der Waals surface area contributed by atoms with Crippen molar-refractivity contribution in [1.29, 1.82) is 0 Å². The Morgan fingerprint density at radius 3 is 2.46 bits per heavy atom. The molecular formula is C17H23N3O4. The van der Waals surface area contributed by atoms with Crippen molar-refractivity contribution in [3.63, 3.8) is 0 Å². The second-order valence-electron chi connectivity index (χ2n) is 6.75. The minimum atomic E-state index is -0.531. The molecule has 3 N–H and O–H groups in total. The van der Waals surface area contributed by atoms with Gasteiger partial charge in [0, 0.05) is 17.0 Å². The van der Waals surface area contributed by atoms with Crippen LogP contribution in [0, 0.1) is 0 Å². The molecule has 1 aromatic carbocycles. The molecule has 0 saturated carbocycles. The summed E-state index contributed by atoms with van der Waals surface area (Å²) < 4.78 is 17.0. The SMILES string of the molecule is CC(C)(C)OC(=O)N1CCOc2cc3c[nH]c(N)c3cc2OCC1. The molecule has 2 aromatic rings. The number of H-pyrrole nitrogens is 1. The van der Waals surface area contributed by atoms with Crippen molar-refractivity contribution in [3.05, 3.63) is 18.3 Å². The fourth-order valence-corrected chi connectivity index (χ4v) is 2.54. The summed E-state index contributed by atoms with van der Waals surface area (Å²) in [6.45, 7) is 7.11. The van der Waals surface area contributed by atoms with E-state index in [0.717, 1.165) is 10.8 Å². The van der Waals surface area contributed by atoms with E-state index in [0.29, 0.717) is 43.6 Å². The highest BCUT2D eigenvalue weighted by Crippen LogP contribution is 2.35. The van der Waals surface area contributed by atoms with Crippen LogP contribution in [0.25, 0.3) is 10.8 Å². The summed E-state index contributed by atoms with van der Waals surface area (Å²) in [5, 5.41) is 1.85. The molecule has 0 radical (unpaired) electrons. The molecule has 1 aliphatic heterocycles. The van der Waals surface area contributed by atoms with Crippen molar-refractivity contribution < 1.29 is 19.0 Å². The van der Waals surface area contributed by atoms with Gasteiger partial charge in [-0.3, -0.25) is 0 Å². The molecule has 1 aliphatic rings. The molecular weight excluding hydrogens is 310 g/mol. The van der Waals surface area contributed by atoms with Crippen LogP contribution < -0.4 is 15.2 Å². The number of ether oxygens (including phenoxy) is 3. The maximum atomic E-state index is 12.2. The predicted molar refractivity (Wildman–Crippen MR) is 91.5 cm³/mol. The van der Waals surface area contributed by atoms with E-state index in [1.165, 1.54) is 0 Å². The first-order valence-corrected chi connectivity index (χ1v) is 7.97. The van der Waals surface area contributed by atoms with Gasteiger partial charge in [-0.05, 0) is 32.9 Å². The van der Waals surface area contributed by atoms with Gasteiger partial charge < -0.3 is 29.8 Å². The molecule has 24 heavy (non-hydrogen) atoms. The number of nitrogen functional groups attached to an aromatic ring is 1. The second-order valence-corrected chi connectivity index (χ2v) is 6.75. The summed E-state index contributed by atoms with van der Waals surface area (Å²) >= 11 is 0. The molecule has 0 unspecified atom stereocenters. The average Bonchev–Trinajstić information content (AvgIpc) is 2.88. The van der Waals surface area contributed by atoms with E-state index in [1.807, 2.05) is 39.1 Å². The lowest BCUT2D eigenvalue weighted by molar-refractivity contribution is 0.0213. The summed E-state index contributed by atoms with van der Waals surface area (Å²) in [6, 6.07) is 3.75. The van der Waals surface area contributed by atoms with Crippen LogP contribution in [0.3, 0.4) is 0 Å². The molecule has 0 spiro atoms. The lowest BCUT2D eigenvalue weighted by atomic mass is 10.2. The summed E-state index contributed by atoms with van der Waals surface area (Å²) in [7, 11) is 0. The molecule has 7 nitrogen and oxygen atoms in total. The van der Waals surface area contributed by atoms with Gasteiger partial charge in [-0.1, -0.05) is 0 Å². The maximum Gasteiger partial charge on any atom is 0.410 e. The summed E-state index contributed by atoms with van der Waals surface area (Å²) in [5.74, 6) is 1.86. The molecule has 0 aliphatic carbocycles. The quantitative estimate of drug-likeness (QED) is 0.774. The lowest BCUT2D eigenvalue weighted by Gasteiger charge is -2.26. The Morgan fingerprint density at radius 2 is 1.83 bits per heavy atom. The van der Waals surface area contributed by atoms with E-state index in [2.05, 4.69) is 4.98 Å². The van der Waals surface area contributed by atoms with E-state index in [1.54, 1.807) is 4.90 Å². The standard InChI is InChI=1S/C17H23N3O4/c1-17(2,3)24-16(21)20-4-6-22-13-8-11-10-19-15(18)12(11)9-14(13)23-7-5-20/h8-10,19H,4-7,18H2,1-3H3. The first kappa shape index (κ1) is 16.3. The number of rotatable bonds is 0. The van der Waals surface area contributed by atoms with E-state index < -0.39 is 5.60 Å². The van der Waals surface area contributed by atoms with Crippen molar-refractivity contribution in [2.45, 2.75) is 26.4 Å². The summed E-state index contributed by atoms with van der Waals surface area (Å²) in [6.07, 6.45) is 1.46. The minimum Gasteiger partial charge on any atom is -0.488 e. The summed E-state index contributed by atoms with van der Waals surface area (Å²) in [5.41, 5.74) is 5.38. The van der Waals surface area contributed by atoms with Gasteiger partial charge in [-0.15, -0.1) is 0 Å². The fraction of sp³-hybridized carbons (Fsp3) is 0.471. The number of amides is 1. The Labute approximate surface area is 140 Å². The molecule has 0 atom stereocenters. The number of hydrogen-bond donors (Lipinski definition) is 2. The smallest absolute Gasteiger partial charge is 0.410 e. The zero-order valence-electron chi connectivity index (χ0n) is 14.2. The van der Waals surface area contributed by atoms with E-state index >= 15 is 0 Å². The highest BCUT2D eigenvalue weighted by atomic mass is 16.6. The van der Waals surface area contributed by atoms with Gasteiger partial charge in [0.05, 0.1) is 13.1 Å². The normalized spacial score (nSPS) is 15.5. The van der Waals surface area contributed by atoms with Crippen LogP contribution in [-0.4, -0.2) is 47.9 Å². The molecule has 1 amide bonds. The molecule has 7 heteroatoms. The van der Waals surface area contributed by atoms with E-state index in [-0.39, 0.29) is 6.09 Å². The average molecular weight is 333 g/mol. The van der Waals surface area contributed by atoms with Crippen molar-refractivity contribution >= 4 is 22.7 Å². The molecule has 0 fully saturated rings. The Kier molecular flexibility index (Phi) is 4.17. The molecule has 2 heterocycles. The Morgan fingerprint density at radius 1 is 1.21 bits per heavy atom. The number of carbonyl (C=O) groups excluding carboxylic acids is 1. The number of carbonyl (C=O) groups is 1. The zero-order valence-corrected chi connectivity index (χ0v) is 14.2. The van der Waals surface area contributed by atoms with Gasteiger partial charge in [0.1, 0.15) is 24.6 Å². The Hall–Kier alpha value is -2.57. The van der Waals surface area contributed by atoms with Crippen LogP contribution >= 0.6 is 0 Å².